The van der Waals surface area contributed by atoms with Gasteiger partial charge in [-0.25, -0.2) is 0 Å². The summed E-state index contributed by atoms with van der Waals surface area (Å²) in [6.45, 7) is 0. The van der Waals surface area contributed by atoms with Gasteiger partial charge in [0.1, 0.15) is 6.10 Å². The van der Waals surface area contributed by atoms with E-state index in [-0.39, 0.29) is 0 Å². The molecule has 0 unspecified atom stereocenters. The SMILES string of the molecule is N[C@@H](Cc1ccccc1)[C@@H](O)C(=O)[O-]. The van der Waals surface area contributed by atoms with Gasteiger partial charge in [-0.05, 0) is 12.0 Å². The van der Waals surface area contributed by atoms with Crippen molar-refractivity contribution in [3.63, 3.8) is 0 Å². The van der Waals surface area contributed by atoms with Crippen molar-refractivity contribution in [2.45, 2.75) is 18.6 Å². The molecule has 0 heterocycles. The lowest BCUT2D eigenvalue weighted by Gasteiger charge is -2.19. The Kier molecular flexibility index (Phi) is 3.62. The standard InChI is InChI=1S/C10H13NO3/c11-8(9(12)10(13)14)6-7-4-2-1-3-5-7/h1-5,8-9,12H,6,11H2,(H,13,14)/p-1/t8-,9+/m0/s1. The summed E-state index contributed by atoms with van der Waals surface area (Å²) in [5.74, 6) is -1.53. The Labute approximate surface area is 82.0 Å². The Morgan fingerprint density at radius 3 is 2.50 bits per heavy atom. The van der Waals surface area contributed by atoms with Gasteiger partial charge in [0.15, 0.2) is 0 Å². The van der Waals surface area contributed by atoms with E-state index in [9.17, 15) is 9.90 Å². The molecule has 0 spiro atoms. The van der Waals surface area contributed by atoms with Crippen LogP contribution in [0.5, 0.6) is 0 Å². The van der Waals surface area contributed by atoms with Crippen LogP contribution in [0.4, 0.5) is 0 Å². The van der Waals surface area contributed by atoms with Gasteiger partial charge >= 0.3 is 0 Å². The largest absolute Gasteiger partial charge is 0.547 e. The minimum atomic E-state index is -1.62. The van der Waals surface area contributed by atoms with E-state index in [0.29, 0.717) is 6.42 Å². The van der Waals surface area contributed by atoms with Gasteiger partial charge < -0.3 is 20.7 Å². The van der Waals surface area contributed by atoms with Gasteiger partial charge in [0.05, 0.1) is 5.97 Å². The molecule has 1 rings (SSSR count). The van der Waals surface area contributed by atoms with Crippen LogP contribution in [0.1, 0.15) is 5.56 Å². The van der Waals surface area contributed by atoms with Crippen LogP contribution in [0.2, 0.25) is 0 Å². The summed E-state index contributed by atoms with van der Waals surface area (Å²) >= 11 is 0. The predicted molar refractivity (Wildman–Crippen MR) is 49.1 cm³/mol. The van der Waals surface area contributed by atoms with Crippen molar-refractivity contribution in [2.24, 2.45) is 5.73 Å². The van der Waals surface area contributed by atoms with Crippen molar-refractivity contribution in [3.8, 4) is 0 Å². The number of aliphatic carboxylic acids is 1. The van der Waals surface area contributed by atoms with E-state index >= 15 is 0 Å². The Morgan fingerprint density at radius 1 is 1.43 bits per heavy atom. The molecule has 14 heavy (non-hydrogen) atoms. The van der Waals surface area contributed by atoms with Gasteiger partial charge in [-0.1, -0.05) is 30.3 Å². The maximum absolute atomic E-state index is 10.3. The van der Waals surface area contributed by atoms with Crippen LogP contribution >= 0.6 is 0 Å². The maximum atomic E-state index is 10.3. The molecule has 0 bridgehead atoms. The Hall–Kier alpha value is -1.39. The van der Waals surface area contributed by atoms with E-state index in [2.05, 4.69) is 0 Å². The number of aliphatic hydroxyl groups is 1. The zero-order chi connectivity index (χ0) is 10.6. The molecule has 0 saturated carbocycles. The van der Waals surface area contributed by atoms with Crippen molar-refractivity contribution >= 4 is 5.97 Å². The van der Waals surface area contributed by atoms with Crippen LogP contribution in [0.25, 0.3) is 0 Å². The topological polar surface area (TPSA) is 86.4 Å². The van der Waals surface area contributed by atoms with Crippen LogP contribution in [0, 0.1) is 0 Å². The minimum Gasteiger partial charge on any atom is -0.547 e. The number of nitrogens with two attached hydrogens (primary N) is 1. The molecule has 0 saturated heterocycles. The van der Waals surface area contributed by atoms with Crippen LogP contribution in [-0.4, -0.2) is 23.2 Å². The second-order valence-corrected chi connectivity index (χ2v) is 3.12. The van der Waals surface area contributed by atoms with Crippen LogP contribution < -0.4 is 10.8 Å². The quantitative estimate of drug-likeness (QED) is 0.621. The van der Waals surface area contributed by atoms with Crippen LogP contribution in [-0.2, 0) is 11.2 Å². The van der Waals surface area contributed by atoms with Gasteiger partial charge in [-0.3, -0.25) is 0 Å². The highest BCUT2D eigenvalue weighted by Gasteiger charge is 2.15. The molecular formula is C10H12NO3-. The lowest BCUT2D eigenvalue weighted by molar-refractivity contribution is -0.315. The number of benzene rings is 1. The average molecular weight is 194 g/mol. The maximum Gasteiger partial charge on any atom is 0.109 e. The minimum absolute atomic E-state index is 0.315. The number of rotatable bonds is 4. The second-order valence-electron chi connectivity index (χ2n) is 3.12. The number of hydrogen-bond donors (Lipinski definition) is 2. The Morgan fingerprint density at radius 2 is 2.00 bits per heavy atom. The van der Waals surface area contributed by atoms with E-state index in [1.165, 1.54) is 0 Å². The van der Waals surface area contributed by atoms with E-state index in [4.69, 9.17) is 10.8 Å². The van der Waals surface area contributed by atoms with Gasteiger partial charge in [0, 0.05) is 6.04 Å². The van der Waals surface area contributed by atoms with Crippen molar-refractivity contribution in [1.29, 1.82) is 0 Å². The molecule has 0 aromatic heterocycles. The molecule has 1 aromatic carbocycles. The molecular weight excluding hydrogens is 182 g/mol. The lowest BCUT2D eigenvalue weighted by Crippen LogP contribution is -2.48. The Bertz CT molecular complexity index is 299. The molecule has 0 amide bonds. The smallest absolute Gasteiger partial charge is 0.109 e. The first-order valence-corrected chi connectivity index (χ1v) is 4.29. The van der Waals surface area contributed by atoms with E-state index in [1.54, 1.807) is 0 Å². The molecule has 0 aliphatic carbocycles. The summed E-state index contributed by atoms with van der Waals surface area (Å²) in [6, 6.07) is 8.32. The molecule has 1 aromatic rings. The predicted octanol–water partition coefficient (Wildman–Crippen LogP) is -1.33. The third-order valence-electron chi connectivity index (χ3n) is 1.96. The van der Waals surface area contributed by atoms with Crippen LogP contribution in [0.3, 0.4) is 0 Å². The van der Waals surface area contributed by atoms with Gasteiger partial charge in [-0.15, -0.1) is 0 Å². The van der Waals surface area contributed by atoms with Gasteiger partial charge in [0.2, 0.25) is 0 Å². The highest BCUT2D eigenvalue weighted by atomic mass is 16.4. The third-order valence-corrected chi connectivity index (χ3v) is 1.96. The van der Waals surface area contributed by atoms with E-state index in [0.717, 1.165) is 5.56 Å². The number of hydrogen-bond acceptors (Lipinski definition) is 4. The lowest BCUT2D eigenvalue weighted by atomic mass is 10.0. The second kappa shape index (κ2) is 4.74. The normalized spacial score (nSPS) is 14.7. The molecule has 0 fully saturated rings. The fourth-order valence-electron chi connectivity index (χ4n) is 1.17. The Balaban J connectivity index is 2.57. The summed E-state index contributed by atoms with van der Waals surface area (Å²) in [5.41, 5.74) is 6.37. The summed E-state index contributed by atoms with van der Waals surface area (Å²) in [6.07, 6.45) is -1.30. The summed E-state index contributed by atoms with van der Waals surface area (Å²) in [4.78, 5) is 10.3. The molecule has 2 atom stereocenters. The molecule has 76 valence electrons. The summed E-state index contributed by atoms with van der Waals surface area (Å²) in [7, 11) is 0. The van der Waals surface area contributed by atoms with E-state index < -0.39 is 18.1 Å². The van der Waals surface area contributed by atoms with Crippen molar-refractivity contribution in [1.82, 2.24) is 0 Å². The highest BCUT2D eigenvalue weighted by molar-refractivity contribution is 5.70. The molecule has 3 N–H and O–H groups in total. The van der Waals surface area contributed by atoms with Crippen molar-refractivity contribution in [2.75, 3.05) is 0 Å². The highest BCUT2D eigenvalue weighted by Crippen LogP contribution is 2.03. The van der Waals surface area contributed by atoms with Crippen molar-refractivity contribution < 1.29 is 15.0 Å². The van der Waals surface area contributed by atoms with Gasteiger partial charge in [0.25, 0.3) is 0 Å². The fourth-order valence-corrected chi connectivity index (χ4v) is 1.17. The average Bonchev–Trinajstić information content (AvgIpc) is 2.18. The number of carboxylic acids is 1. The third kappa shape index (κ3) is 2.83. The molecule has 0 aliphatic rings. The number of carbonyl (C=O) groups excluding carboxylic acids is 1. The number of aliphatic hydroxyl groups excluding tert-OH is 1. The van der Waals surface area contributed by atoms with Crippen molar-refractivity contribution in [3.05, 3.63) is 35.9 Å². The molecule has 4 heteroatoms. The fraction of sp³-hybridized carbons (Fsp3) is 0.300. The zero-order valence-electron chi connectivity index (χ0n) is 7.59. The number of carboxylic acid groups (broad SMARTS) is 1. The summed E-state index contributed by atoms with van der Waals surface area (Å²) < 4.78 is 0. The van der Waals surface area contributed by atoms with Crippen LogP contribution in [0.15, 0.2) is 30.3 Å². The first-order chi connectivity index (χ1) is 6.61. The molecule has 0 radical (unpaired) electrons. The molecule has 0 aliphatic heterocycles. The van der Waals surface area contributed by atoms with Gasteiger partial charge in [-0.2, -0.15) is 0 Å². The zero-order valence-corrected chi connectivity index (χ0v) is 7.59. The number of carbonyl (C=O) groups is 1. The molecule has 4 nitrogen and oxygen atoms in total. The monoisotopic (exact) mass is 194 g/mol. The van der Waals surface area contributed by atoms with E-state index in [1.807, 2.05) is 30.3 Å². The summed E-state index contributed by atoms with van der Waals surface area (Å²) in [5, 5.41) is 19.4. The first kappa shape index (κ1) is 10.7. The first-order valence-electron chi connectivity index (χ1n) is 4.29.